The van der Waals surface area contributed by atoms with E-state index in [4.69, 9.17) is 9.90 Å². The van der Waals surface area contributed by atoms with Gasteiger partial charge in [0.05, 0.1) is 0 Å². The Labute approximate surface area is 141 Å². The predicted molar refractivity (Wildman–Crippen MR) is 85.5 cm³/mol. The first-order valence-corrected chi connectivity index (χ1v) is 7.58. The lowest BCUT2D eigenvalue weighted by Crippen LogP contribution is -2.36. The molecule has 9 heteroatoms. The van der Waals surface area contributed by atoms with E-state index in [0.717, 1.165) is 36.0 Å². The van der Waals surface area contributed by atoms with E-state index in [2.05, 4.69) is 15.6 Å². The molecule has 136 valence electrons. The van der Waals surface area contributed by atoms with Crippen molar-refractivity contribution in [1.82, 2.24) is 15.6 Å². The van der Waals surface area contributed by atoms with Crippen LogP contribution in [0.15, 0.2) is 24.3 Å². The van der Waals surface area contributed by atoms with Crippen LogP contribution in [0, 0.1) is 6.92 Å². The number of aryl methyl sites for hydroxylation is 1. The van der Waals surface area contributed by atoms with Crippen LogP contribution in [0.3, 0.4) is 0 Å². The molecular weight excluding hydrogens is 339 g/mol. The fraction of sp³-hybridized carbons (Fsp3) is 0.375. The van der Waals surface area contributed by atoms with Crippen LogP contribution in [-0.4, -0.2) is 47.3 Å². The Morgan fingerprint density at radius 1 is 1.32 bits per heavy atom. The van der Waals surface area contributed by atoms with Gasteiger partial charge in [0, 0.05) is 23.5 Å². The fourth-order valence-electron chi connectivity index (χ4n) is 2.47. The van der Waals surface area contributed by atoms with Crippen molar-refractivity contribution in [1.29, 1.82) is 0 Å². The third-order valence-electron chi connectivity index (χ3n) is 3.75. The van der Waals surface area contributed by atoms with Crippen molar-refractivity contribution in [3.63, 3.8) is 0 Å². The quantitative estimate of drug-likeness (QED) is 0.663. The number of halogens is 3. The summed E-state index contributed by atoms with van der Waals surface area (Å²) in [7, 11) is 0. The number of alkyl halides is 3. The minimum absolute atomic E-state index is 0.0145. The molecule has 0 spiro atoms. The highest BCUT2D eigenvalue weighted by atomic mass is 19.4. The highest BCUT2D eigenvalue weighted by molar-refractivity contribution is 5.98. The predicted octanol–water partition coefficient (Wildman–Crippen LogP) is 2.20. The molecule has 0 unspecified atom stereocenters. The summed E-state index contributed by atoms with van der Waals surface area (Å²) in [5.41, 5.74) is 2.85. The number of carbonyl (C=O) groups excluding carboxylic acids is 1. The zero-order valence-electron chi connectivity index (χ0n) is 13.4. The van der Waals surface area contributed by atoms with Gasteiger partial charge in [-0.05, 0) is 31.5 Å². The van der Waals surface area contributed by atoms with Crippen molar-refractivity contribution in [2.45, 2.75) is 25.6 Å². The standard InChI is InChI=1S/C14H17N3O.C2HF3O2/c1-9-3-2-4-10-7-12(17-13(9)10)14(18)16-11-5-6-15-8-11;3-2(4,5)1(6)7/h2-4,7,11,15,17H,5-6,8H2,1H3,(H,16,18);(H,6,7)/t11-;/m1./s1. The molecule has 1 aromatic heterocycles. The summed E-state index contributed by atoms with van der Waals surface area (Å²) < 4.78 is 31.7. The van der Waals surface area contributed by atoms with Gasteiger partial charge in [-0.3, -0.25) is 4.79 Å². The average Bonchev–Trinajstić information content (AvgIpc) is 3.16. The number of benzene rings is 1. The number of aromatic amines is 1. The molecular formula is C16H18F3N3O3. The number of carbonyl (C=O) groups is 2. The minimum atomic E-state index is -5.08. The van der Waals surface area contributed by atoms with Gasteiger partial charge in [0.25, 0.3) is 5.91 Å². The number of fused-ring (bicyclic) bond motifs is 1. The number of amides is 1. The van der Waals surface area contributed by atoms with Gasteiger partial charge in [-0.25, -0.2) is 4.79 Å². The molecule has 0 saturated carbocycles. The molecule has 1 atom stereocenters. The monoisotopic (exact) mass is 357 g/mol. The number of para-hydroxylation sites is 1. The Morgan fingerprint density at radius 3 is 2.52 bits per heavy atom. The highest BCUT2D eigenvalue weighted by Crippen LogP contribution is 2.19. The number of rotatable bonds is 2. The number of aromatic nitrogens is 1. The summed E-state index contributed by atoms with van der Waals surface area (Å²) in [6.45, 7) is 3.89. The summed E-state index contributed by atoms with van der Waals surface area (Å²) >= 11 is 0. The van der Waals surface area contributed by atoms with Crippen molar-refractivity contribution in [2.75, 3.05) is 13.1 Å². The number of carboxylic acids is 1. The maximum Gasteiger partial charge on any atom is 0.490 e. The van der Waals surface area contributed by atoms with Crippen LogP contribution >= 0.6 is 0 Å². The number of carboxylic acid groups (broad SMARTS) is 1. The summed E-state index contributed by atoms with van der Waals surface area (Å²) in [6, 6.07) is 8.24. The van der Waals surface area contributed by atoms with E-state index in [9.17, 15) is 18.0 Å². The molecule has 0 radical (unpaired) electrons. The van der Waals surface area contributed by atoms with Gasteiger partial charge in [-0.15, -0.1) is 0 Å². The van der Waals surface area contributed by atoms with Crippen molar-refractivity contribution in [3.8, 4) is 0 Å². The van der Waals surface area contributed by atoms with Gasteiger partial charge in [0.1, 0.15) is 5.69 Å². The molecule has 1 amide bonds. The van der Waals surface area contributed by atoms with Crippen molar-refractivity contribution >= 4 is 22.8 Å². The molecule has 2 heterocycles. The molecule has 2 aromatic rings. The van der Waals surface area contributed by atoms with Crippen LogP contribution in [0.2, 0.25) is 0 Å². The summed E-state index contributed by atoms with van der Waals surface area (Å²) in [6.07, 6.45) is -4.08. The molecule has 0 bridgehead atoms. The second kappa shape index (κ2) is 7.56. The largest absolute Gasteiger partial charge is 0.490 e. The lowest BCUT2D eigenvalue weighted by molar-refractivity contribution is -0.192. The Hall–Kier alpha value is -2.55. The first-order chi connectivity index (χ1) is 11.7. The van der Waals surface area contributed by atoms with E-state index in [-0.39, 0.29) is 11.9 Å². The van der Waals surface area contributed by atoms with E-state index < -0.39 is 12.1 Å². The van der Waals surface area contributed by atoms with E-state index in [0.29, 0.717) is 5.69 Å². The Bertz CT molecular complexity index is 765. The normalized spacial score (nSPS) is 17.0. The molecule has 4 N–H and O–H groups in total. The first kappa shape index (κ1) is 18.8. The Kier molecular flexibility index (Phi) is 5.68. The van der Waals surface area contributed by atoms with E-state index in [1.807, 2.05) is 31.2 Å². The van der Waals surface area contributed by atoms with E-state index in [1.165, 1.54) is 0 Å². The van der Waals surface area contributed by atoms with Crippen LogP contribution in [0.25, 0.3) is 10.9 Å². The second-order valence-electron chi connectivity index (χ2n) is 5.69. The summed E-state index contributed by atoms with van der Waals surface area (Å²) in [5.74, 6) is -2.77. The second-order valence-corrected chi connectivity index (χ2v) is 5.69. The highest BCUT2D eigenvalue weighted by Gasteiger charge is 2.38. The molecule has 0 aliphatic carbocycles. The first-order valence-electron chi connectivity index (χ1n) is 7.58. The summed E-state index contributed by atoms with van der Waals surface area (Å²) in [4.78, 5) is 24.2. The topological polar surface area (TPSA) is 94.2 Å². The van der Waals surface area contributed by atoms with Gasteiger partial charge < -0.3 is 20.7 Å². The van der Waals surface area contributed by atoms with E-state index in [1.54, 1.807) is 0 Å². The fourth-order valence-corrected chi connectivity index (χ4v) is 2.47. The average molecular weight is 357 g/mol. The number of aliphatic carboxylic acids is 1. The molecule has 1 aliphatic heterocycles. The molecule has 1 aliphatic rings. The van der Waals surface area contributed by atoms with Gasteiger partial charge >= 0.3 is 12.1 Å². The Balaban J connectivity index is 0.000000277. The van der Waals surface area contributed by atoms with Crippen LogP contribution in [0.4, 0.5) is 13.2 Å². The lowest BCUT2D eigenvalue weighted by Gasteiger charge is -2.09. The smallest absolute Gasteiger partial charge is 0.475 e. The minimum Gasteiger partial charge on any atom is -0.475 e. The summed E-state index contributed by atoms with van der Waals surface area (Å²) in [5, 5.41) is 14.5. The zero-order valence-corrected chi connectivity index (χ0v) is 13.4. The van der Waals surface area contributed by atoms with Crippen molar-refractivity contribution in [2.24, 2.45) is 0 Å². The number of H-pyrrole nitrogens is 1. The van der Waals surface area contributed by atoms with Crippen molar-refractivity contribution in [3.05, 3.63) is 35.5 Å². The van der Waals surface area contributed by atoms with Gasteiger partial charge in [0.2, 0.25) is 0 Å². The third-order valence-corrected chi connectivity index (χ3v) is 3.75. The van der Waals surface area contributed by atoms with Gasteiger partial charge in [-0.2, -0.15) is 13.2 Å². The van der Waals surface area contributed by atoms with Crippen molar-refractivity contribution < 1.29 is 27.9 Å². The van der Waals surface area contributed by atoms with Gasteiger partial charge in [0.15, 0.2) is 0 Å². The maximum atomic E-state index is 12.1. The molecule has 1 fully saturated rings. The molecule has 1 saturated heterocycles. The van der Waals surface area contributed by atoms with Crippen LogP contribution in [0.5, 0.6) is 0 Å². The molecule has 6 nitrogen and oxygen atoms in total. The number of hydrogen-bond acceptors (Lipinski definition) is 3. The van der Waals surface area contributed by atoms with Crippen LogP contribution in [-0.2, 0) is 4.79 Å². The van der Waals surface area contributed by atoms with E-state index >= 15 is 0 Å². The molecule has 25 heavy (non-hydrogen) atoms. The van der Waals surface area contributed by atoms with Crippen LogP contribution < -0.4 is 10.6 Å². The number of hydrogen-bond donors (Lipinski definition) is 4. The lowest BCUT2D eigenvalue weighted by atomic mass is 10.2. The SMILES string of the molecule is Cc1cccc2cc(C(=O)N[C@@H]3CCNC3)[nH]c12.O=C(O)C(F)(F)F. The number of nitrogens with one attached hydrogen (secondary N) is 3. The molecule has 3 rings (SSSR count). The molecule has 1 aromatic carbocycles. The van der Waals surface area contributed by atoms with Gasteiger partial charge in [-0.1, -0.05) is 18.2 Å². The Morgan fingerprint density at radius 2 is 2.00 bits per heavy atom. The van der Waals surface area contributed by atoms with Crippen LogP contribution in [0.1, 0.15) is 22.5 Å². The maximum absolute atomic E-state index is 12.1. The third kappa shape index (κ3) is 4.96. The zero-order chi connectivity index (χ0) is 18.6.